The Morgan fingerprint density at radius 3 is 2.13 bits per heavy atom. The van der Waals surface area contributed by atoms with Gasteiger partial charge in [-0.1, -0.05) is 26.0 Å². The Hall–Kier alpha value is -2.49. The molecule has 0 fully saturated rings. The lowest BCUT2D eigenvalue weighted by molar-refractivity contribution is 0.102. The molecular formula is C19H22NO3. The summed E-state index contributed by atoms with van der Waals surface area (Å²) in [5.74, 6) is 0.910. The predicted molar refractivity (Wildman–Crippen MR) is 92.3 cm³/mol. The Balaban J connectivity index is 2.16. The van der Waals surface area contributed by atoms with Crippen LogP contribution in [0.25, 0.3) is 0 Å². The molecule has 0 aromatic heterocycles. The number of carbonyl (C=O) groups excluding carboxylic acids is 1. The maximum Gasteiger partial charge on any atom is 0.255 e. The number of hydrogen-bond acceptors (Lipinski definition) is 3. The van der Waals surface area contributed by atoms with Gasteiger partial charge in [0.25, 0.3) is 5.91 Å². The van der Waals surface area contributed by atoms with Crippen molar-refractivity contribution in [2.24, 2.45) is 0 Å². The molecule has 0 aliphatic heterocycles. The molecule has 121 valence electrons. The van der Waals surface area contributed by atoms with Gasteiger partial charge in [-0.25, -0.2) is 0 Å². The lowest BCUT2D eigenvalue weighted by atomic mass is 9.87. The Labute approximate surface area is 137 Å². The number of hydrogen-bond donors (Lipinski definition) is 1. The molecule has 0 aliphatic carbocycles. The molecule has 4 nitrogen and oxygen atoms in total. The summed E-state index contributed by atoms with van der Waals surface area (Å²) in [5.41, 5.74) is 2.19. The van der Waals surface area contributed by atoms with E-state index in [4.69, 9.17) is 9.47 Å². The Morgan fingerprint density at radius 2 is 1.61 bits per heavy atom. The van der Waals surface area contributed by atoms with E-state index in [0.717, 1.165) is 11.3 Å². The van der Waals surface area contributed by atoms with Crippen LogP contribution in [0.4, 0.5) is 5.69 Å². The first-order valence-corrected chi connectivity index (χ1v) is 7.34. The van der Waals surface area contributed by atoms with Crippen LogP contribution < -0.4 is 14.8 Å². The molecule has 0 spiro atoms. The fraction of sp³-hybridized carbons (Fsp3) is 0.263. The average Bonchev–Trinajstić information content (AvgIpc) is 2.53. The molecule has 0 aliphatic rings. The van der Waals surface area contributed by atoms with Crippen molar-refractivity contribution in [3.63, 3.8) is 0 Å². The van der Waals surface area contributed by atoms with E-state index in [1.54, 1.807) is 32.4 Å². The van der Waals surface area contributed by atoms with Crippen LogP contribution in [-0.2, 0) is 5.41 Å². The second kappa shape index (κ2) is 6.73. The number of amides is 1. The smallest absolute Gasteiger partial charge is 0.255 e. The second-order valence-electron chi connectivity index (χ2n) is 5.99. The van der Waals surface area contributed by atoms with Crippen LogP contribution >= 0.6 is 0 Å². The molecule has 23 heavy (non-hydrogen) atoms. The number of anilines is 1. The summed E-state index contributed by atoms with van der Waals surface area (Å²) in [6.45, 7) is 8.19. The highest BCUT2D eigenvalue weighted by molar-refractivity contribution is 6.04. The summed E-state index contributed by atoms with van der Waals surface area (Å²) in [7, 11) is 3.10. The van der Waals surface area contributed by atoms with Gasteiger partial charge >= 0.3 is 0 Å². The van der Waals surface area contributed by atoms with Gasteiger partial charge in [-0.15, -0.1) is 0 Å². The van der Waals surface area contributed by atoms with Gasteiger partial charge in [0.05, 0.1) is 14.2 Å². The van der Waals surface area contributed by atoms with Crippen molar-refractivity contribution in [1.82, 2.24) is 0 Å². The van der Waals surface area contributed by atoms with E-state index in [0.29, 0.717) is 17.1 Å². The highest BCUT2D eigenvalue weighted by Gasteiger charge is 2.14. The van der Waals surface area contributed by atoms with E-state index in [2.05, 4.69) is 12.2 Å². The highest BCUT2D eigenvalue weighted by atomic mass is 16.5. The van der Waals surface area contributed by atoms with Crippen LogP contribution in [-0.4, -0.2) is 20.1 Å². The molecule has 0 unspecified atom stereocenters. The largest absolute Gasteiger partial charge is 0.493 e. The third-order valence-electron chi connectivity index (χ3n) is 3.57. The van der Waals surface area contributed by atoms with Crippen molar-refractivity contribution in [3.05, 3.63) is 60.5 Å². The first kappa shape index (κ1) is 16.9. The van der Waals surface area contributed by atoms with Gasteiger partial charge in [-0.3, -0.25) is 4.79 Å². The average molecular weight is 312 g/mol. The van der Waals surface area contributed by atoms with Crippen molar-refractivity contribution in [1.29, 1.82) is 0 Å². The van der Waals surface area contributed by atoms with Crippen LogP contribution in [0, 0.1) is 6.92 Å². The minimum absolute atomic E-state index is 0.161. The van der Waals surface area contributed by atoms with Gasteiger partial charge in [0.1, 0.15) is 0 Å². The molecule has 2 aromatic rings. The fourth-order valence-electron chi connectivity index (χ4n) is 2.19. The van der Waals surface area contributed by atoms with Crippen molar-refractivity contribution in [2.45, 2.75) is 19.3 Å². The van der Waals surface area contributed by atoms with Crippen LogP contribution in [0.3, 0.4) is 0 Å². The van der Waals surface area contributed by atoms with Gasteiger partial charge in [0.2, 0.25) is 0 Å². The number of methoxy groups -OCH3 is 2. The molecule has 4 heteroatoms. The first-order chi connectivity index (χ1) is 10.8. The molecule has 2 rings (SSSR count). The van der Waals surface area contributed by atoms with E-state index < -0.39 is 0 Å². The van der Waals surface area contributed by atoms with Gasteiger partial charge < -0.3 is 14.8 Å². The molecule has 0 bridgehead atoms. The molecule has 1 amide bonds. The lowest BCUT2D eigenvalue weighted by Crippen LogP contribution is -2.14. The van der Waals surface area contributed by atoms with Crippen molar-refractivity contribution < 1.29 is 14.3 Å². The summed E-state index contributed by atoms with van der Waals surface area (Å²) < 4.78 is 10.4. The summed E-state index contributed by atoms with van der Waals surface area (Å²) in [5, 5.41) is 2.87. The van der Waals surface area contributed by atoms with E-state index in [1.165, 1.54) is 0 Å². The summed E-state index contributed by atoms with van der Waals surface area (Å²) in [6.07, 6.45) is 0. The molecule has 2 aromatic carbocycles. The van der Waals surface area contributed by atoms with E-state index in [-0.39, 0.29) is 11.3 Å². The number of nitrogens with one attached hydrogen (secondary N) is 1. The minimum atomic E-state index is -0.201. The summed E-state index contributed by atoms with van der Waals surface area (Å²) >= 11 is 0. The molecule has 0 heterocycles. The van der Waals surface area contributed by atoms with E-state index in [9.17, 15) is 4.79 Å². The predicted octanol–water partition coefficient (Wildman–Crippen LogP) is 4.07. The fourth-order valence-corrected chi connectivity index (χ4v) is 2.19. The quantitative estimate of drug-likeness (QED) is 0.905. The standard InChI is InChI=1S/C19H22NO3/c1-19(2,3)14-7-9-15(10-8-14)20-18(21)13-6-11-16(22-4)17(12-13)23-5/h6-12H,1H2,2-5H3,(H,20,21). The number of carbonyl (C=O) groups is 1. The third-order valence-corrected chi connectivity index (χ3v) is 3.57. The van der Waals surface area contributed by atoms with Gasteiger partial charge in [-0.2, -0.15) is 0 Å². The topological polar surface area (TPSA) is 47.6 Å². The maximum atomic E-state index is 12.3. The second-order valence-corrected chi connectivity index (χ2v) is 5.99. The summed E-state index contributed by atoms with van der Waals surface area (Å²) in [6, 6.07) is 12.8. The van der Waals surface area contributed by atoms with Crippen LogP contribution in [0.1, 0.15) is 29.8 Å². The zero-order valence-electron chi connectivity index (χ0n) is 14.0. The zero-order chi connectivity index (χ0) is 17.0. The van der Waals surface area contributed by atoms with Gasteiger partial charge in [0.15, 0.2) is 11.5 Å². The van der Waals surface area contributed by atoms with Crippen molar-refractivity contribution >= 4 is 11.6 Å². The Morgan fingerprint density at radius 1 is 1.00 bits per heavy atom. The Bertz CT molecular complexity index is 685. The van der Waals surface area contributed by atoms with E-state index >= 15 is 0 Å². The number of benzene rings is 2. The summed E-state index contributed by atoms with van der Waals surface area (Å²) in [4.78, 5) is 12.3. The van der Waals surface area contributed by atoms with Crippen molar-refractivity contribution in [3.8, 4) is 11.5 Å². The zero-order valence-corrected chi connectivity index (χ0v) is 14.0. The normalized spacial score (nSPS) is 11.0. The SMILES string of the molecule is [CH2]C(C)(C)c1ccc(NC(=O)c2ccc(OC)c(OC)c2)cc1. The molecule has 0 saturated carbocycles. The molecule has 0 atom stereocenters. The van der Waals surface area contributed by atoms with Crippen LogP contribution in [0.2, 0.25) is 0 Å². The third kappa shape index (κ3) is 4.03. The maximum absolute atomic E-state index is 12.3. The first-order valence-electron chi connectivity index (χ1n) is 7.34. The molecular weight excluding hydrogens is 290 g/mol. The number of rotatable bonds is 5. The highest BCUT2D eigenvalue weighted by Crippen LogP contribution is 2.28. The van der Waals surface area contributed by atoms with Gasteiger partial charge in [-0.05, 0) is 48.2 Å². The van der Waals surface area contributed by atoms with Crippen molar-refractivity contribution in [2.75, 3.05) is 19.5 Å². The monoisotopic (exact) mass is 312 g/mol. The van der Waals surface area contributed by atoms with Crippen LogP contribution in [0.5, 0.6) is 11.5 Å². The molecule has 1 N–H and O–H groups in total. The minimum Gasteiger partial charge on any atom is -0.493 e. The van der Waals surface area contributed by atoms with Gasteiger partial charge in [0, 0.05) is 11.3 Å². The molecule has 1 radical (unpaired) electrons. The van der Waals surface area contributed by atoms with E-state index in [1.807, 2.05) is 38.1 Å². The Kier molecular flexibility index (Phi) is 4.94. The van der Waals surface area contributed by atoms with Crippen LogP contribution in [0.15, 0.2) is 42.5 Å². The molecule has 0 saturated heterocycles. The lowest BCUT2D eigenvalue weighted by Gasteiger charge is -2.19. The number of ether oxygens (including phenoxy) is 2.